The van der Waals surface area contributed by atoms with Gasteiger partial charge in [0.15, 0.2) is 0 Å². The normalized spacial score (nSPS) is 16.9. The number of aliphatic hydroxyl groups is 1. The molecule has 1 aliphatic heterocycles. The average molecular weight is 327 g/mol. The van der Waals surface area contributed by atoms with Gasteiger partial charge in [0.2, 0.25) is 0 Å². The predicted octanol–water partition coefficient (Wildman–Crippen LogP) is 3.72. The molecule has 1 atom stereocenters. The molecule has 4 heteroatoms. The van der Waals surface area contributed by atoms with Crippen LogP contribution in [0.2, 0.25) is 0 Å². The number of hydrogen-bond acceptors (Lipinski definition) is 2. The molecule has 1 aliphatic rings. The number of likely N-dealkylation sites (tertiary alicyclic amines) is 1. The summed E-state index contributed by atoms with van der Waals surface area (Å²) >= 11 is 0. The van der Waals surface area contributed by atoms with E-state index in [1.807, 2.05) is 37.3 Å². The third-order valence-electron chi connectivity index (χ3n) is 4.77. The highest BCUT2D eigenvalue weighted by molar-refractivity contribution is 5.94. The van der Waals surface area contributed by atoms with E-state index >= 15 is 0 Å². The number of benzene rings is 2. The first-order valence-electron chi connectivity index (χ1n) is 8.34. The van der Waals surface area contributed by atoms with Crippen molar-refractivity contribution in [3.05, 3.63) is 71.0 Å². The number of rotatable bonds is 3. The number of halogens is 1. The van der Waals surface area contributed by atoms with Crippen molar-refractivity contribution in [2.24, 2.45) is 5.92 Å². The number of aliphatic hydroxyl groups excluding tert-OH is 1. The molecule has 1 N–H and O–H groups in total. The third-order valence-corrected chi connectivity index (χ3v) is 4.77. The second kappa shape index (κ2) is 7.14. The van der Waals surface area contributed by atoms with Gasteiger partial charge in [0.1, 0.15) is 5.82 Å². The smallest absolute Gasteiger partial charge is 0.256 e. The van der Waals surface area contributed by atoms with Crippen LogP contribution in [0.1, 0.15) is 40.4 Å². The Balaban J connectivity index is 1.64. The van der Waals surface area contributed by atoms with E-state index in [4.69, 9.17) is 0 Å². The molecule has 0 radical (unpaired) electrons. The Morgan fingerprint density at radius 1 is 1.17 bits per heavy atom. The maximum atomic E-state index is 13.9. The van der Waals surface area contributed by atoms with Crippen LogP contribution in [0.15, 0.2) is 48.5 Å². The lowest BCUT2D eigenvalue weighted by Gasteiger charge is -2.34. The van der Waals surface area contributed by atoms with Gasteiger partial charge in [-0.1, -0.05) is 42.0 Å². The zero-order valence-electron chi connectivity index (χ0n) is 13.8. The topological polar surface area (TPSA) is 40.5 Å². The van der Waals surface area contributed by atoms with Crippen LogP contribution in [0.4, 0.5) is 4.39 Å². The summed E-state index contributed by atoms with van der Waals surface area (Å²) in [7, 11) is 0. The van der Waals surface area contributed by atoms with Crippen molar-refractivity contribution in [1.82, 2.24) is 4.90 Å². The van der Waals surface area contributed by atoms with Crippen LogP contribution in [-0.2, 0) is 0 Å². The highest BCUT2D eigenvalue weighted by atomic mass is 19.1. The monoisotopic (exact) mass is 327 g/mol. The maximum absolute atomic E-state index is 13.9. The number of aryl methyl sites for hydroxylation is 1. The Kier molecular flexibility index (Phi) is 4.95. The molecular formula is C20H22FNO2. The molecule has 0 bridgehead atoms. The summed E-state index contributed by atoms with van der Waals surface area (Å²) in [5.41, 5.74) is 1.91. The van der Waals surface area contributed by atoms with Gasteiger partial charge in [0.25, 0.3) is 5.91 Å². The summed E-state index contributed by atoms with van der Waals surface area (Å²) in [6.45, 7) is 2.93. The summed E-state index contributed by atoms with van der Waals surface area (Å²) in [5, 5.41) is 10.5. The lowest BCUT2D eigenvalue weighted by atomic mass is 9.87. The van der Waals surface area contributed by atoms with Crippen LogP contribution in [0.25, 0.3) is 0 Å². The first-order chi connectivity index (χ1) is 11.6. The molecule has 1 amide bonds. The van der Waals surface area contributed by atoms with Crippen LogP contribution in [0.3, 0.4) is 0 Å². The van der Waals surface area contributed by atoms with Crippen LogP contribution < -0.4 is 0 Å². The summed E-state index contributed by atoms with van der Waals surface area (Å²) in [5.74, 6) is -0.611. The fraction of sp³-hybridized carbons (Fsp3) is 0.350. The highest BCUT2D eigenvalue weighted by Gasteiger charge is 2.29. The first kappa shape index (κ1) is 16.7. The largest absolute Gasteiger partial charge is 0.388 e. The van der Waals surface area contributed by atoms with Crippen molar-refractivity contribution in [3.63, 3.8) is 0 Å². The van der Waals surface area contributed by atoms with E-state index in [-0.39, 0.29) is 17.4 Å². The van der Waals surface area contributed by atoms with Crippen LogP contribution in [0.5, 0.6) is 0 Å². The Bertz CT molecular complexity index is 709. The zero-order valence-corrected chi connectivity index (χ0v) is 13.8. The van der Waals surface area contributed by atoms with E-state index in [2.05, 4.69) is 0 Å². The molecule has 1 heterocycles. The minimum absolute atomic E-state index is 0.124. The van der Waals surface area contributed by atoms with Crippen molar-refractivity contribution in [3.8, 4) is 0 Å². The molecule has 24 heavy (non-hydrogen) atoms. The van der Waals surface area contributed by atoms with Crippen LogP contribution in [-0.4, -0.2) is 29.0 Å². The average Bonchev–Trinajstić information content (AvgIpc) is 2.63. The fourth-order valence-corrected chi connectivity index (χ4v) is 3.31. The van der Waals surface area contributed by atoms with Gasteiger partial charge in [-0.05, 0) is 43.4 Å². The minimum atomic E-state index is -0.515. The molecule has 1 fully saturated rings. The number of hydrogen-bond donors (Lipinski definition) is 1. The van der Waals surface area contributed by atoms with Crippen LogP contribution >= 0.6 is 0 Å². The summed E-state index contributed by atoms with van der Waals surface area (Å²) in [4.78, 5) is 14.2. The van der Waals surface area contributed by atoms with Crippen molar-refractivity contribution in [2.75, 3.05) is 13.1 Å². The Hall–Kier alpha value is -2.20. The van der Waals surface area contributed by atoms with E-state index in [9.17, 15) is 14.3 Å². The molecule has 1 saturated heterocycles. The Morgan fingerprint density at radius 3 is 2.50 bits per heavy atom. The second-order valence-corrected chi connectivity index (χ2v) is 6.47. The number of carbonyl (C=O) groups excluding carboxylic acids is 1. The van der Waals surface area contributed by atoms with E-state index in [1.54, 1.807) is 17.0 Å². The quantitative estimate of drug-likeness (QED) is 0.933. The van der Waals surface area contributed by atoms with Crippen molar-refractivity contribution in [2.45, 2.75) is 25.9 Å². The number of amides is 1. The van der Waals surface area contributed by atoms with Gasteiger partial charge in [-0.25, -0.2) is 4.39 Å². The zero-order chi connectivity index (χ0) is 17.1. The molecule has 2 aromatic carbocycles. The summed E-state index contributed by atoms with van der Waals surface area (Å²) in [6, 6.07) is 14.2. The van der Waals surface area contributed by atoms with E-state index in [1.165, 1.54) is 6.07 Å². The van der Waals surface area contributed by atoms with Crippen molar-refractivity contribution >= 4 is 5.91 Å². The molecule has 0 aliphatic carbocycles. The summed E-state index contributed by atoms with van der Waals surface area (Å²) in [6.07, 6.45) is 0.920. The van der Waals surface area contributed by atoms with E-state index in [0.29, 0.717) is 13.1 Å². The van der Waals surface area contributed by atoms with Crippen LogP contribution in [0, 0.1) is 18.7 Å². The standard InChI is InChI=1S/C20H22FNO2/c1-14-7-8-18(21)17(13-14)20(24)22-11-9-16(10-12-22)19(23)15-5-3-2-4-6-15/h2-8,13,16,19,23H,9-12H2,1H3. The molecular weight excluding hydrogens is 305 g/mol. The molecule has 1 unspecified atom stereocenters. The van der Waals surface area contributed by atoms with Gasteiger partial charge in [-0.3, -0.25) is 4.79 Å². The second-order valence-electron chi connectivity index (χ2n) is 6.47. The van der Waals surface area contributed by atoms with E-state index < -0.39 is 11.9 Å². The Labute approximate surface area is 141 Å². The molecule has 126 valence electrons. The van der Waals surface area contributed by atoms with Crippen molar-refractivity contribution in [1.29, 1.82) is 0 Å². The highest BCUT2D eigenvalue weighted by Crippen LogP contribution is 2.31. The first-order valence-corrected chi connectivity index (χ1v) is 8.34. The van der Waals surface area contributed by atoms with Gasteiger partial charge < -0.3 is 10.0 Å². The maximum Gasteiger partial charge on any atom is 0.256 e. The number of nitrogens with zero attached hydrogens (tertiary/aromatic N) is 1. The predicted molar refractivity (Wildman–Crippen MR) is 91.2 cm³/mol. The molecule has 2 aromatic rings. The van der Waals surface area contributed by atoms with Gasteiger partial charge in [-0.15, -0.1) is 0 Å². The third kappa shape index (κ3) is 3.49. The lowest BCUT2D eigenvalue weighted by Crippen LogP contribution is -2.40. The van der Waals surface area contributed by atoms with Crippen molar-refractivity contribution < 1.29 is 14.3 Å². The summed E-state index contributed by atoms with van der Waals surface area (Å²) < 4.78 is 13.9. The van der Waals surface area contributed by atoms with E-state index in [0.717, 1.165) is 24.0 Å². The molecule has 3 nitrogen and oxygen atoms in total. The molecule has 3 rings (SSSR count). The SMILES string of the molecule is Cc1ccc(F)c(C(=O)N2CCC(C(O)c3ccccc3)CC2)c1. The number of piperidine rings is 1. The minimum Gasteiger partial charge on any atom is -0.388 e. The molecule has 0 spiro atoms. The fourth-order valence-electron chi connectivity index (χ4n) is 3.31. The lowest BCUT2D eigenvalue weighted by molar-refractivity contribution is 0.0459. The number of carbonyl (C=O) groups is 1. The van der Waals surface area contributed by atoms with Gasteiger partial charge >= 0.3 is 0 Å². The van der Waals surface area contributed by atoms with Gasteiger partial charge in [-0.2, -0.15) is 0 Å². The molecule has 0 aromatic heterocycles. The van der Waals surface area contributed by atoms with Gasteiger partial charge in [0, 0.05) is 13.1 Å². The molecule has 0 saturated carbocycles. The Morgan fingerprint density at radius 2 is 1.83 bits per heavy atom. The van der Waals surface area contributed by atoms with Gasteiger partial charge in [0.05, 0.1) is 11.7 Å².